The van der Waals surface area contributed by atoms with Crippen molar-refractivity contribution in [2.75, 3.05) is 13.7 Å². The molecule has 15 heavy (non-hydrogen) atoms. The third-order valence-corrected chi connectivity index (χ3v) is 1.40. The van der Waals surface area contributed by atoms with Crippen LogP contribution in [0.4, 0.5) is 35.1 Å². The van der Waals surface area contributed by atoms with Gasteiger partial charge >= 0.3 is 18.0 Å². The molecule has 0 aromatic carbocycles. The minimum atomic E-state index is -6.37. The minimum Gasteiger partial charge on any atom is -0.378 e. The van der Waals surface area contributed by atoms with Gasteiger partial charge in [-0.2, -0.15) is 22.0 Å². The van der Waals surface area contributed by atoms with Crippen LogP contribution >= 0.6 is 0 Å². The van der Waals surface area contributed by atoms with Gasteiger partial charge in [-0.25, -0.2) is 13.2 Å². The molecule has 0 saturated heterocycles. The Morgan fingerprint density at radius 1 is 1.00 bits per heavy atom. The van der Waals surface area contributed by atoms with Crippen molar-refractivity contribution in [3.63, 3.8) is 0 Å². The summed E-state index contributed by atoms with van der Waals surface area (Å²) in [6, 6.07) is 0. The first-order valence-electron chi connectivity index (χ1n) is 3.42. The summed E-state index contributed by atoms with van der Waals surface area (Å²) in [5, 5.41) is 0. The van der Waals surface area contributed by atoms with Gasteiger partial charge in [-0.1, -0.05) is 0 Å². The molecule has 0 aromatic rings. The summed E-state index contributed by atoms with van der Waals surface area (Å²) in [6.07, 6.45) is -11.0. The fourth-order valence-electron chi connectivity index (χ4n) is 0.675. The van der Waals surface area contributed by atoms with Crippen LogP contribution < -0.4 is 0 Å². The van der Waals surface area contributed by atoms with E-state index in [1.165, 1.54) is 0 Å². The van der Waals surface area contributed by atoms with Gasteiger partial charge < -0.3 is 4.74 Å². The first-order chi connectivity index (χ1) is 6.47. The zero-order chi connectivity index (χ0) is 12.5. The van der Waals surface area contributed by atoms with Gasteiger partial charge in [0, 0.05) is 7.11 Å². The van der Waals surface area contributed by atoms with Gasteiger partial charge in [0.05, 0.1) is 0 Å². The summed E-state index contributed by atoms with van der Waals surface area (Å²) in [6.45, 7) is -1.86. The highest BCUT2D eigenvalue weighted by Gasteiger charge is 2.70. The Morgan fingerprint density at radius 2 is 1.40 bits per heavy atom. The number of hydrogen-bond donors (Lipinski definition) is 0. The van der Waals surface area contributed by atoms with E-state index in [2.05, 4.69) is 4.74 Å². The van der Waals surface area contributed by atoms with Gasteiger partial charge in [0.2, 0.25) is 6.17 Å². The molecule has 0 bridgehead atoms. The maximum Gasteiger partial charge on any atom is 0.456 e. The van der Waals surface area contributed by atoms with E-state index in [-0.39, 0.29) is 0 Å². The van der Waals surface area contributed by atoms with Crippen molar-refractivity contribution in [3.8, 4) is 0 Å². The van der Waals surface area contributed by atoms with Crippen molar-refractivity contribution in [1.82, 2.24) is 0 Å². The van der Waals surface area contributed by atoms with Crippen LogP contribution in [0.15, 0.2) is 0 Å². The third-order valence-electron chi connectivity index (χ3n) is 1.40. The number of ether oxygens (including phenoxy) is 1. The van der Waals surface area contributed by atoms with E-state index < -0.39 is 30.8 Å². The molecule has 0 saturated carbocycles. The summed E-state index contributed by atoms with van der Waals surface area (Å²) in [5.41, 5.74) is 0. The van der Waals surface area contributed by atoms with Crippen LogP contribution in [-0.2, 0) is 4.74 Å². The summed E-state index contributed by atoms with van der Waals surface area (Å²) in [4.78, 5) is 0. The second kappa shape index (κ2) is 4.11. The first-order valence-corrected chi connectivity index (χ1v) is 3.42. The standard InChI is InChI=1S/C6H6F8O/c1-15-2-4(8,9)3(7)5(10,11)6(12,13)14/h3H,2H2,1H3. The van der Waals surface area contributed by atoms with Crippen LogP contribution in [0, 0.1) is 0 Å². The summed E-state index contributed by atoms with van der Waals surface area (Å²) in [7, 11) is 0.617. The highest BCUT2D eigenvalue weighted by molar-refractivity contribution is 4.93. The molecule has 1 atom stereocenters. The topological polar surface area (TPSA) is 9.23 Å². The molecule has 0 aliphatic heterocycles. The highest BCUT2D eigenvalue weighted by Crippen LogP contribution is 2.44. The number of methoxy groups -OCH3 is 1. The Labute approximate surface area is 79.0 Å². The van der Waals surface area contributed by atoms with Crippen LogP contribution in [0.25, 0.3) is 0 Å². The Balaban J connectivity index is 4.91. The van der Waals surface area contributed by atoms with Crippen molar-refractivity contribution in [2.24, 2.45) is 0 Å². The maximum atomic E-state index is 12.4. The third kappa shape index (κ3) is 2.93. The van der Waals surface area contributed by atoms with E-state index in [9.17, 15) is 35.1 Å². The van der Waals surface area contributed by atoms with Gasteiger partial charge in [-0.3, -0.25) is 0 Å². The predicted molar refractivity (Wildman–Crippen MR) is 32.7 cm³/mol. The molecule has 0 amide bonds. The average molecular weight is 246 g/mol. The van der Waals surface area contributed by atoms with Crippen LogP contribution in [0.2, 0.25) is 0 Å². The lowest BCUT2D eigenvalue weighted by Gasteiger charge is -2.28. The average Bonchev–Trinajstić information content (AvgIpc) is 2.00. The van der Waals surface area contributed by atoms with Crippen LogP contribution in [0.5, 0.6) is 0 Å². The Kier molecular flexibility index (Phi) is 3.94. The fraction of sp³-hybridized carbons (Fsp3) is 1.00. The number of hydrogen-bond acceptors (Lipinski definition) is 1. The van der Waals surface area contributed by atoms with E-state index in [1.54, 1.807) is 0 Å². The van der Waals surface area contributed by atoms with Crippen LogP contribution in [0.1, 0.15) is 0 Å². The number of halogens is 8. The zero-order valence-corrected chi connectivity index (χ0v) is 7.22. The Hall–Kier alpha value is -0.600. The van der Waals surface area contributed by atoms with E-state index in [0.717, 1.165) is 0 Å². The van der Waals surface area contributed by atoms with Crippen molar-refractivity contribution in [1.29, 1.82) is 0 Å². The lowest BCUT2D eigenvalue weighted by Crippen LogP contribution is -2.54. The first kappa shape index (κ1) is 14.4. The van der Waals surface area contributed by atoms with E-state index in [4.69, 9.17) is 0 Å². The van der Waals surface area contributed by atoms with Gasteiger partial charge in [-0.15, -0.1) is 0 Å². The molecular formula is C6H6F8O. The largest absolute Gasteiger partial charge is 0.456 e. The fourth-order valence-corrected chi connectivity index (χ4v) is 0.675. The SMILES string of the molecule is COCC(F)(F)C(F)C(F)(F)C(F)(F)F. The molecule has 0 rings (SSSR count). The van der Waals surface area contributed by atoms with Crippen LogP contribution in [-0.4, -0.2) is 37.9 Å². The minimum absolute atomic E-state index is 0.617. The van der Waals surface area contributed by atoms with E-state index >= 15 is 0 Å². The molecular weight excluding hydrogens is 240 g/mol. The molecule has 9 heteroatoms. The van der Waals surface area contributed by atoms with Crippen molar-refractivity contribution < 1.29 is 39.9 Å². The lowest BCUT2D eigenvalue weighted by atomic mass is 10.1. The number of alkyl halides is 8. The second-order valence-corrected chi connectivity index (χ2v) is 2.68. The van der Waals surface area contributed by atoms with Crippen LogP contribution in [0.3, 0.4) is 0 Å². The molecule has 0 N–H and O–H groups in total. The molecule has 0 aromatic heterocycles. The molecule has 0 spiro atoms. The monoisotopic (exact) mass is 246 g/mol. The number of rotatable bonds is 4. The smallest absolute Gasteiger partial charge is 0.378 e. The second-order valence-electron chi connectivity index (χ2n) is 2.68. The Bertz CT molecular complexity index is 210. The van der Waals surface area contributed by atoms with Crippen molar-refractivity contribution in [3.05, 3.63) is 0 Å². The van der Waals surface area contributed by atoms with Crippen molar-refractivity contribution in [2.45, 2.75) is 24.2 Å². The molecule has 0 aliphatic carbocycles. The predicted octanol–water partition coefficient (Wildman–Crippen LogP) is 2.80. The van der Waals surface area contributed by atoms with Gasteiger partial charge in [0.25, 0.3) is 0 Å². The molecule has 92 valence electrons. The molecule has 1 unspecified atom stereocenters. The summed E-state index contributed by atoms with van der Waals surface area (Å²) >= 11 is 0. The zero-order valence-electron chi connectivity index (χ0n) is 7.22. The van der Waals surface area contributed by atoms with Gasteiger partial charge in [0.15, 0.2) is 0 Å². The van der Waals surface area contributed by atoms with Gasteiger partial charge in [0.1, 0.15) is 6.61 Å². The molecule has 0 fully saturated rings. The van der Waals surface area contributed by atoms with Crippen molar-refractivity contribution >= 4 is 0 Å². The lowest BCUT2D eigenvalue weighted by molar-refractivity contribution is -0.330. The summed E-state index contributed by atoms with van der Waals surface area (Å²) in [5.74, 6) is -11.0. The molecule has 1 nitrogen and oxygen atoms in total. The van der Waals surface area contributed by atoms with Gasteiger partial charge in [-0.05, 0) is 0 Å². The molecule has 0 heterocycles. The quantitative estimate of drug-likeness (QED) is 0.693. The summed E-state index contributed by atoms with van der Waals surface area (Å²) < 4.78 is 99.4. The molecule has 0 aliphatic rings. The Morgan fingerprint density at radius 3 is 1.67 bits per heavy atom. The van der Waals surface area contributed by atoms with E-state index in [1.807, 2.05) is 0 Å². The maximum absolute atomic E-state index is 12.4. The normalized spacial score (nSPS) is 16.6. The van der Waals surface area contributed by atoms with E-state index in [0.29, 0.717) is 7.11 Å². The highest BCUT2D eigenvalue weighted by atomic mass is 19.4. The molecule has 0 radical (unpaired) electrons.